The summed E-state index contributed by atoms with van der Waals surface area (Å²) in [4.78, 5) is 12.0. The normalized spacial score (nSPS) is 11.4. The summed E-state index contributed by atoms with van der Waals surface area (Å²) in [5, 5.41) is 2.93. The number of nitrogens with one attached hydrogen (secondary N) is 1. The number of alkyl halides is 1. The first-order valence-corrected chi connectivity index (χ1v) is 6.30. The minimum absolute atomic E-state index is 0.0237. The Kier molecular flexibility index (Phi) is 4.58. The highest BCUT2D eigenvalue weighted by atomic mass is 35.5. The zero-order chi connectivity index (χ0) is 13.1. The Morgan fingerprint density at radius 1 is 1.35 bits per heavy atom. The second kappa shape index (κ2) is 5.54. The quantitative estimate of drug-likeness (QED) is 0.820. The first-order valence-electron chi connectivity index (χ1n) is 5.77. The fourth-order valence-electron chi connectivity index (χ4n) is 1.44. The average Bonchev–Trinajstić information content (AvgIpc) is 2.29. The van der Waals surface area contributed by atoms with Crippen LogP contribution in [0.1, 0.15) is 35.3 Å². The van der Waals surface area contributed by atoms with Crippen molar-refractivity contribution in [1.29, 1.82) is 0 Å². The van der Waals surface area contributed by atoms with Crippen LogP contribution in [0.15, 0.2) is 18.2 Å². The number of aryl methyl sites for hydroxylation is 2. The standard InChI is InChI=1S/C14H20ClNO/c1-10-5-6-11(2)12(7-10)13(17)16-9-14(3,4)8-15/h5-7H,8-9H2,1-4H3,(H,16,17). The van der Waals surface area contributed by atoms with Crippen LogP contribution in [0, 0.1) is 19.3 Å². The molecule has 0 saturated heterocycles. The lowest BCUT2D eigenvalue weighted by Crippen LogP contribution is -2.35. The van der Waals surface area contributed by atoms with Gasteiger partial charge in [0.25, 0.3) is 5.91 Å². The van der Waals surface area contributed by atoms with E-state index in [2.05, 4.69) is 5.32 Å². The van der Waals surface area contributed by atoms with E-state index >= 15 is 0 Å². The Bertz CT molecular complexity index is 413. The molecule has 1 aromatic carbocycles. The van der Waals surface area contributed by atoms with Crippen molar-refractivity contribution in [2.75, 3.05) is 12.4 Å². The summed E-state index contributed by atoms with van der Waals surface area (Å²) in [7, 11) is 0. The molecular weight excluding hydrogens is 234 g/mol. The molecule has 0 spiro atoms. The van der Waals surface area contributed by atoms with Gasteiger partial charge >= 0.3 is 0 Å². The first kappa shape index (κ1) is 14.0. The Hall–Kier alpha value is -1.02. The summed E-state index contributed by atoms with van der Waals surface area (Å²) in [6, 6.07) is 5.89. The van der Waals surface area contributed by atoms with Crippen molar-refractivity contribution in [3.63, 3.8) is 0 Å². The molecule has 0 aromatic heterocycles. The van der Waals surface area contributed by atoms with E-state index in [9.17, 15) is 4.79 Å². The number of benzene rings is 1. The largest absolute Gasteiger partial charge is 0.351 e. The molecule has 0 fully saturated rings. The van der Waals surface area contributed by atoms with Crippen molar-refractivity contribution in [3.05, 3.63) is 34.9 Å². The van der Waals surface area contributed by atoms with Crippen molar-refractivity contribution in [2.45, 2.75) is 27.7 Å². The summed E-state index contributed by atoms with van der Waals surface area (Å²) < 4.78 is 0. The van der Waals surface area contributed by atoms with E-state index in [1.807, 2.05) is 45.9 Å². The molecule has 0 unspecified atom stereocenters. The van der Waals surface area contributed by atoms with E-state index in [-0.39, 0.29) is 11.3 Å². The lowest BCUT2D eigenvalue weighted by Gasteiger charge is -2.22. The number of carbonyl (C=O) groups is 1. The summed E-state index contributed by atoms with van der Waals surface area (Å²) in [5.74, 6) is 0.504. The van der Waals surface area contributed by atoms with Crippen molar-refractivity contribution in [1.82, 2.24) is 5.32 Å². The van der Waals surface area contributed by atoms with Gasteiger partial charge in [0.2, 0.25) is 0 Å². The van der Waals surface area contributed by atoms with E-state index in [1.165, 1.54) is 0 Å². The Balaban J connectivity index is 2.74. The predicted molar refractivity (Wildman–Crippen MR) is 72.8 cm³/mol. The fraction of sp³-hybridized carbons (Fsp3) is 0.500. The van der Waals surface area contributed by atoms with Crippen molar-refractivity contribution < 1.29 is 4.79 Å². The number of carbonyl (C=O) groups excluding carboxylic acids is 1. The van der Waals surface area contributed by atoms with Crippen molar-refractivity contribution >= 4 is 17.5 Å². The van der Waals surface area contributed by atoms with Gasteiger partial charge in [-0.15, -0.1) is 11.6 Å². The summed E-state index contributed by atoms with van der Waals surface area (Å²) in [6.45, 7) is 8.58. The Morgan fingerprint density at radius 2 is 2.00 bits per heavy atom. The molecule has 1 aromatic rings. The van der Waals surface area contributed by atoms with Crippen LogP contribution in [-0.2, 0) is 0 Å². The van der Waals surface area contributed by atoms with Crippen molar-refractivity contribution in [2.24, 2.45) is 5.41 Å². The third kappa shape index (κ3) is 4.04. The molecule has 17 heavy (non-hydrogen) atoms. The molecule has 0 radical (unpaired) electrons. The minimum Gasteiger partial charge on any atom is -0.351 e. The third-order valence-electron chi connectivity index (χ3n) is 2.73. The van der Waals surface area contributed by atoms with E-state index in [4.69, 9.17) is 11.6 Å². The van der Waals surface area contributed by atoms with Crippen LogP contribution in [-0.4, -0.2) is 18.3 Å². The monoisotopic (exact) mass is 253 g/mol. The van der Waals surface area contributed by atoms with Gasteiger partial charge in [-0.3, -0.25) is 4.79 Å². The maximum absolute atomic E-state index is 12.0. The number of rotatable bonds is 4. The van der Waals surface area contributed by atoms with E-state index in [0.29, 0.717) is 12.4 Å². The maximum atomic E-state index is 12.0. The highest BCUT2D eigenvalue weighted by Crippen LogP contribution is 2.16. The van der Waals surface area contributed by atoms with Crippen LogP contribution in [0.2, 0.25) is 0 Å². The van der Waals surface area contributed by atoms with Gasteiger partial charge in [-0.2, -0.15) is 0 Å². The molecule has 0 heterocycles. The van der Waals surface area contributed by atoms with Crippen LogP contribution in [0.4, 0.5) is 0 Å². The molecule has 0 atom stereocenters. The van der Waals surface area contributed by atoms with Gasteiger partial charge in [-0.05, 0) is 30.9 Å². The third-order valence-corrected chi connectivity index (χ3v) is 3.45. The maximum Gasteiger partial charge on any atom is 0.251 e. The lowest BCUT2D eigenvalue weighted by atomic mass is 9.96. The van der Waals surface area contributed by atoms with E-state index in [1.54, 1.807) is 0 Å². The highest BCUT2D eigenvalue weighted by Gasteiger charge is 2.18. The van der Waals surface area contributed by atoms with Crippen LogP contribution in [0.3, 0.4) is 0 Å². The van der Waals surface area contributed by atoms with Gasteiger partial charge in [-0.1, -0.05) is 31.5 Å². The SMILES string of the molecule is Cc1ccc(C)c(C(=O)NCC(C)(C)CCl)c1. The van der Waals surface area contributed by atoms with Crippen LogP contribution in [0.5, 0.6) is 0 Å². The molecular formula is C14H20ClNO. The minimum atomic E-state index is -0.0745. The highest BCUT2D eigenvalue weighted by molar-refractivity contribution is 6.18. The van der Waals surface area contributed by atoms with E-state index < -0.39 is 0 Å². The summed E-state index contributed by atoms with van der Waals surface area (Å²) in [6.07, 6.45) is 0. The predicted octanol–water partition coefficient (Wildman–Crippen LogP) is 3.30. The molecule has 3 heteroatoms. The molecule has 1 rings (SSSR count). The number of amides is 1. The molecule has 1 N–H and O–H groups in total. The summed E-state index contributed by atoms with van der Waals surface area (Å²) >= 11 is 5.83. The first-order chi connectivity index (χ1) is 7.85. The van der Waals surface area contributed by atoms with Gasteiger partial charge in [0.1, 0.15) is 0 Å². The Morgan fingerprint density at radius 3 is 2.59 bits per heavy atom. The molecule has 2 nitrogen and oxygen atoms in total. The smallest absolute Gasteiger partial charge is 0.251 e. The van der Waals surface area contributed by atoms with Gasteiger partial charge in [0, 0.05) is 18.0 Å². The van der Waals surface area contributed by atoms with Gasteiger partial charge in [0.05, 0.1) is 0 Å². The zero-order valence-electron chi connectivity index (χ0n) is 10.9. The number of hydrogen-bond acceptors (Lipinski definition) is 1. The van der Waals surface area contributed by atoms with Crippen molar-refractivity contribution in [3.8, 4) is 0 Å². The van der Waals surface area contributed by atoms with Crippen LogP contribution in [0.25, 0.3) is 0 Å². The molecule has 94 valence electrons. The molecule has 0 aliphatic carbocycles. The van der Waals surface area contributed by atoms with E-state index in [0.717, 1.165) is 16.7 Å². The molecule has 1 amide bonds. The number of halogens is 1. The van der Waals surface area contributed by atoms with Gasteiger partial charge in [0.15, 0.2) is 0 Å². The number of hydrogen-bond donors (Lipinski definition) is 1. The molecule has 0 saturated carbocycles. The van der Waals surface area contributed by atoms with Crippen LogP contribution < -0.4 is 5.32 Å². The zero-order valence-corrected chi connectivity index (χ0v) is 11.7. The topological polar surface area (TPSA) is 29.1 Å². The fourth-order valence-corrected chi connectivity index (χ4v) is 1.54. The molecule has 0 aliphatic rings. The second-order valence-electron chi connectivity index (χ2n) is 5.30. The average molecular weight is 254 g/mol. The van der Waals surface area contributed by atoms with Gasteiger partial charge in [-0.25, -0.2) is 0 Å². The second-order valence-corrected chi connectivity index (χ2v) is 5.57. The van der Waals surface area contributed by atoms with Gasteiger partial charge < -0.3 is 5.32 Å². The summed E-state index contributed by atoms with van der Waals surface area (Å²) in [5.41, 5.74) is 2.76. The Labute approximate surface area is 108 Å². The molecule has 0 aliphatic heterocycles. The molecule has 0 bridgehead atoms. The van der Waals surface area contributed by atoms with Crippen LogP contribution >= 0.6 is 11.6 Å². The lowest BCUT2D eigenvalue weighted by molar-refractivity contribution is 0.0939.